The number of hydrogen-bond acceptors (Lipinski definition) is 4. The van der Waals surface area contributed by atoms with Gasteiger partial charge in [0.1, 0.15) is 6.23 Å². The quantitative estimate of drug-likeness (QED) is 0.235. The maximum atomic E-state index is 11.2. The van der Waals surface area contributed by atoms with Crippen LogP contribution in [0.1, 0.15) is 79.5 Å². The van der Waals surface area contributed by atoms with Crippen LogP contribution in [0.5, 0.6) is 0 Å². The maximum absolute atomic E-state index is 11.2. The van der Waals surface area contributed by atoms with E-state index in [1.54, 1.807) is 6.92 Å². The largest absolute Gasteiger partial charge is 1.00 e. The van der Waals surface area contributed by atoms with Crippen LogP contribution in [0.2, 0.25) is 0 Å². The predicted molar refractivity (Wildman–Crippen MR) is 81.5 cm³/mol. The van der Waals surface area contributed by atoms with E-state index in [9.17, 15) is 8.42 Å². The average Bonchev–Trinajstić information content (AvgIpc) is 2.36. The Bertz CT molecular complexity index is 303. The van der Waals surface area contributed by atoms with Crippen molar-refractivity contribution in [2.24, 2.45) is 5.73 Å². The SMILES string of the molecule is CCCCCCCCCCCC(N)OS(=O)(=O)CC.[H-].[Na+]. The molecule has 6 heteroatoms. The molecule has 118 valence electrons. The van der Waals surface area contributed by atoms with Crippen molar-refractivity contribution in [2.75, 3.05) is 5.75 Å². The second kappa shape index (κ2) is 14.8. The van der Waals surface area contributed by atoms with E-state index in [1.165, 1.54) is 44.9 Å². The van der Waals surface area contributed by atoms with E-state index in [0.29, 0.717) is 6.42 Å². The number of nitrogens with two attached hydrogens (primary N) is 1. The van der Waals surface area contributed by atoms with Crippen LogP contribution in [-0.2, 0) is 14.3 Å². The van der Waals surface area contributed by atoms with Gasteiger partial charge in [-0.05, 0) is 19.8 Å². The van der Waals surface area contributed by atoms with Gasteiger partial charge in [0.15, 0.2) is 0 Å². The summed E-state index contributed by atoms with van der Waals surface area (Å²) in [5.74, 6) is -0.0154. The van der Waals surface area contributed by atoms with Gasteiger partial charge in [0.2, 0.25) is 0 Å². The molecule has 0 saturated heterocycles. The molecule has 1 atom stereocenters. The summed E-state index contributed by atoms with van der Waals surface area (Å²) < 4.78 is 27.1. The third-order valence-electron chi connectivity index (χ3n) is 3.22. The molecular formula is C14H32NNaO3S. The first-order valence-electron chi connectivity index (χ1n) is 7.68. The Hall–Kier alpha value is 0.870. The molecule has 0 fully saturated rings. The third-order valence-corrected chi connectivity index (χ3v) is 4.46. The molecule has 0 spiro atoms. The van der Waals surface area contributed by atoms with E-state index >= 15 is 0 Å². The Labute approximate surface area is 149 Å². The number of unbranched alkanes of at least 4 members (excludes halogenated alkanes) is 8. The summed E-state index contributed by atoms with van der Waals surface area (Å²) >= 11 is 0. The van der Waals surface area contributed by atoms with Crippen LogP contribution in [0.25, 0.3) is 0 Å². The second-order valence-corrected chi connectivity index (χ2v) is 6.98. The van der Waals surface area contributed by atoms with Crippen LogP contribution in [-0.4, -0.2) is 20.4 Å². The van der Waals surface area contributed by atoms with E-state index < -0.39 is 16.3 Å². The predicted octanol–water partition coefficient (Wildman–Crippen LogP) is 0.675. The summed E-state index contributed by atoms with van der Waals surface area (Å²) in [5, 5.41) is 0. The molecule has 2 N–H and O–H groups in total. The van der Waals surface area contributed by atoms with Gasteiger partial charge in [-0.3, -0.25) is 4.18 Å². The van der Waals surface area contributed by atoms with Gasteiger partial charge in [-0.15, -0.1) is 0 Å². The molecule has 1 unspecified atom stereocenters. The Morgan fingerprint density at radius 1 is 0.950 bits per heavy atom. The van der Waals surface area contributed by atoms with E-state index in [2.05, 4.69) is 6.92 Å². The van der Waals surface area contributed by atoms with Gasteiger partial charge >= 0.3 is 29.6 Å². The molecule has 0 aliphatic heterocycles. The number of hydrogen-bond donors (Lipinski definition) is 1. The Morgan fingerprint density at radius 3 is 1.85 bits per heavy atom. The molecule has 0 bridgehead atoms. The number of rotatable bonds is 13. The topological polar surface area (TPSA) is 69.4 Å². The normalized spacial score (nSPS) is 12.9. The fourth-order valence-corrected chi connectivity index (χ4v) is 2.57. The second-order valence-electron chi connectivity index (χ2n) is 5.10. The van der Waals surface area contributed by atoms with E-state index in [4.69, 9.17) is 9.92 Å². The minimum Gasteiger partial charge on any atom is -1.00 e. The molecule has 0 aromatic heterocycles. The van der Waals surface area contributed by atoms with Crippen molar-refractivity contribution < 1.29 is 43.6 Å². The van der Waals surface area contributed by atoms with Gasteiger partial charge in [0.05, 0.1) is 5.75 Å². The minimum atomic E-state index is -3.40. The molecule has 0 aliphatic carbocycles. The van der Waals surface area contributed by atoms with Gasteiger partial charge in [0, 0.05) is 0 Å². The monoisotopic (exact) mass is 317 g/mol. The first-order chi connectivity index (χ1) is 9.02. The van der Waals surface area contributed by atoms with E-state index in [1.807, 2.05) is 0 Å². The van der Waals surface area contributed by atoms with Gasteiger partial charge in [0.25, 0.3) is 10.1 Å². The molecule has 0 amide bonds. The van der Waals surface area contributed by atoms with Crippen LogP contribution >= 0.6 is 0 Å². The standard InChI is InChI=1S/C14H31NO3S.Na.H/c1-3-5-6-7-8-9-10-11-12-13-14(15)18-19(16,17)4-2;;/h14H,3-13,15H2,1-2H3;;/q;+1;-1. The van der Waals surface area contributed by atoms with Crippen molar-refractivity contribution in [1.29, 1.82) is 0 Å². The molecule has 0 aromatic rings. The maximum Gasteiger partial charge on any atom is 1.00 e. The van der Waals surface area contributed by atoms with Crippen molar-refractivity contribution in [3.63, 3.8) is 0 Å². The summed E-state index contributed by atoms with van der Waals surface area (Å²) in [7, 11) is -3.40. The van der Waals surface area contributed by atoms with Crippen LogP contribution in [0.3, 0.4) is 0 Å². The fourth-order valence-electron chi connectivity index (χ4n) is 1.96. The molecule has 4 nitrogen and oxygen atoms in total. The molecule has 20 heavy (non-hydrogen) atoms. The summed E-state index contributed by atoms with van der Waals surface area (Å²) in [6.45, 7) is 3.78. The molecule has 0 saturated carbocycles. The smallest absolute Gasteiger partial charge is 1.00 e. The van der Waals surface area contributed by atoms with Crippen LogP contribution < -0.4 is 35.3 Å². The molecular weight excluding hydrogens is 285 g/mol. The molecule has 0 aromatic carbocycles. The summed E-state index contributed by atoms with van der Waals surface area (Å²) in [4.78, 5) is 0. The summed E-state index contributed by atoms with van der Waals surface area (Å²) in [5.41, 5.74) is 5.63. The average molecular weight is 317 g/mol. The van der Waals surface area contributed by atoms with Crippen molar-refractivity contribution in [2.45, 2.75) is 84.3 Å². The van der Waals surface area contributed by atoms with Gasteiger partial charge < -0.3 is 7.16 Å². The third kappa shape index (κ3) is 15.3. The Morgan fingerprint density at radius 2 is 1.40 bits per heavy atom. The zero-order valence-electron chi connectivity index (χ0n) is 14.6. The minimum absolute atomic E-state index is 0. The fraction of sp³-hybridized carbons (Fsp3) is 1.00. The molecule has 0 rings (SSSR count). The first-order valence-corrected chi connectivity index (χ1v) is 9.26. The van der Waals surface area contributed by atoms with E-state index in [0.717, 1.165) is 12.8 Å². The van der Waals surface area contributed by atoms with Crippen molar-refractivity contribution in [3.8, 4) is 0 Å². The van der Waals surface area contributed by atoms with Crippen LogP contribution in [0.4, 0.5) is 0 Å². The molecule has 0 radical (unpaired) electrons. The summed E-state index contributed by atoms with van der Waals surface area (Å²) in [6.07, 6.45) is 11.1. The van der Waals surface area contributed by atoms with Crippen molar-refractivity contribution >= 4 is 10.1 Å². The van der Waals surface area contributed by atoms with Crippen molar-refractivity contribution in [1.82, 2.24) is 0 Å². The van der Waals surface area contributed by atoms with Crippen LogP contribution in [0, 0.1) is 0 Å². The molecule has 0 aliphatic rings. The van der Waals surface area contributed by atoms with Gasteiger partial charge in [-0.1, -0.05) is 58.3 Å². The zero-order valence-corrected chi connectivity index (χ0v) is 16.4. The zero-order chi connectivity index (χ0) is 14.6. The van der Waals surface area contributed by atoms with Gasteiger partial charge in [-0.2, -0.15) is 8.42 Å². The molecule has 0 heterocycles. The Balaban J connectivity index is -0.00000162. The van der Waals surface area contributed by atoms with Gasteiger partial charge in [-0.25, -0.2) is 0 Å². The van der Waals surface area contributed by atoms with Crippen LogP contribution in [0.15, 0.2) is 0 Å². The first kappa shape index (κ1) is 23.1. The summed E-state index contributed by atoms with van der Waals surface area (Å²) in [6, 6.07) is 0. The Kier molecular flexibility index (Phi) is 17.1. The van der Waals surface area contributed by atoms with Crippen molar-refractivity contribution in [3.05, 3.63) is 0 Å². The van der Waals surface area contributed by atoms with E-state index in [-0.39, 0.29) is 36.7 Å².